The van der Waals surface area contributed by atoms with E-state index in [9.17, 15) is 0 Å². The molecule has 0 spiro atoms. The van der Waals surface area contributed by atoms with Gasteiger partial charge in [-0.2, -0.15) is 5.26 Å². The summed E-state index contributed by atoms with van der Waals surface area (Å²) in [4.78, 5) is 2.48. The lowest BCUT2D eigenvalue weighted by Crippen LogP contribution is -2.31. The highest BCUT2D eigenvalue weighted by Crippen LogP contribution is 2.40. The van der Waals surface area contributed by atoms with E-state index in [1.165, 1.54) is 47.2 Å². The Hall–Kier alpha value is -2.53. The number of aryl methyl sites for hydroxylation is 2. The fraction of sp³-hybridized carbons (Fsp3) is 0.444. The van der Waals surface area contributed by atoms with Gasteiger partial charge >= 0.3 is 0 Å². The first-order chi connectivity index (χ1) is 14.1. The molecule has 4 rings (SSSR count). The first-order valence-corrected chi connectivity index (χ1v) is 11.2. The number of hydrogen-bond donors (Lipinski definition) is 0. The summed E-state index contributed by atoms with van der Waals surface area (Å²) in [6.45, 7) is 11.1. The molecule has 2 nitrogen and oxygen atoms in total. The zero-order valence-electron chi connectivity index (χ0n) is 17.9. The summed E-state index contributed by atoms with van der Waals surface area (Å²) in [5.41, 5.74) is 9.12. The Labute approximate surface area is 175 Å². The van der Waals surface area contributed by atoms with Crippen LogP contribution >= 0.6 is 0 Å². The van der Waals surface area contributed by atoms with Gasteiger partial charge < -0.3 is 4.90 Å². The zero-order chi connectivity index (χ0) is 20.4. The van der Waals surface area contributed by atoms with Gasteiger partial charge in [-0.3, -0.25) is 0 Å². The average molecular weight is 385 g/mol. The van der Waals surface area contributed by atoms with Crippen molar-refractivity contribution in [3.8, 4) is 6.07 Å². The summed E-state index contributed by atoms with van der Waals surface area (Å²) in [5, 5.41) is 9.00. The molecule has 1 heterocycles. The van der Waals surface area contributed by atoms with Crippen LogP contribution in [0.25, 0.3) is 5.70 Å². The minimum Gasteiger partial charge on any atom is -0.371 e. The first kappa shape index (κ1) is 19.8. The van der Waals surface area contributed by atoms with Crippen molar-refractivity contribution in [3.63, 3.8) is 0 Å². The lowest BCUT2D eigenvalue weighted by Gasteiger charge is -2.36. The maximum Gasteiger partial charge on any atom is 0.0991 e. The van der Waals surface area contributed by atoms with E-state index in [1.54, 1.807) is 5.56 Å². The highest BCUT2D eigenvalue weighted by Gasteiger charge is 2.25. The molecule has 0 unspecified atom stereocenters. The van der Waals surface area contributed by atoms with Crippen molar-refractivity contribution in [1.29, 1.82) is 5.26 Å². The predicted octanol–water partition coefficient (Wildman–Crippen LogP) is 6.55. The number of nitriles is 1. The van der Waals surface area contributed by atoms with E-state index >= 15 is 0 Å². The molecule has 0 aromatic heterocycles. The third kappa shape index (κ3) is 3.97. The Morgan fingerprint density at radius 1 is 1.07 bits per heavy atom. The van der Waals surface area contributed by atoms with Crippen molar-refractivity contribution >= 4 is 5.70 Å². The quantitative estimate of drug-likeness (QED) is 0.584. The van der Waals surface area contributed by atoms with Crippen LogP contribution in [0.1, 0.15) is 84.2 Å². The Kier molecular flexibility index (Phi) is 5.76. The Morgan fingerprint density at radius 2 is 1.76 bits per heavy atom. The highest BCUT2D eigenvalue weighted by molar-refractivity contribution is 5.67. The molecule has 29 heavy (non-hydrogen) atoms. The lowest BCUT2D eigenvalue weighted by molar-refractivity contribution is 0.299. The van der Waals surface area contributed by atoms with E-state index in [2.05, 4.69) is 55.7 Å². The van der Waals surface area contributed by atoms with Crippen molar-refractivity contribution in [3.05, 3.63) is 76.4 Å². The Bertz CT molecular complexity index is 920. The number of likely N-dealkylation sites (tertiary alicyclic amines) is 1. The maximum atomic E-state index is 9.00. The molecular weight excluding hydrogens is 352 g/mol. The minimum absolute atomic E-state index is 0.583. The van der Waals surface area contributed by atoms with Gasteiger partial charge in [-0.05, 0) is 91.3 Å². The summed E-state index contributed by atoms with van der Waals surface area (Å²) >= 11 is 0. The van der Waals surface area contributed by atoms with Gasteiger partial charge in [0.15, 0.2) is 0 Å². The highest BCUT2D eigenvalue weighted by atomic mass is 15.1. The van der Waals surface area contributed by atoms with Crippen LogP contribution in [0, 0.1) is 18.3 Å². The molecule has 2 aliphatic rings. The van der Waals surface area contributed by atoms with Crippen LogP contribution in [0.2, 0.25) is 0 Å². The van der Waals surface area contributed by atoms with E-state index in [0.29, 0.717) is 5.92 Å². The van der Waals surface area contributed by atoms with Gasteiger partial charge in [0.05, 0.1) is 11.6 Å². The lowest BCUT2D eigenvalue weighted by atomic mass is 9.76. The van der Waals surface area contributed by atoms with Gasteiger partial charge in [0, 0.05) is 24.4 Å². The number of hydrogen-bond acceptors (Lipinski definition) is 2. The topological polar surface area (TPSA) is 27.0 Å². The second-order valence-corrected chi connectivity index (χ2v) is 8.79. The Morgan fingerprint density at radius 3 is 2.31 bits per heavy atom. The van der Waals surface area contributed by atoms with Crippen molar-refractivity contribution < 1.29 is 0 Å². The number of piperidine rings is 1. The van der Waals surface area contributed by atoms with Crippen LogP contribution in [0.3, 0.4) is 0 Å². The summed E-state index contributed by atoms with van der Waals surface area (Å²) < 4.78 is 0. The van der Waals surface area contributed by atoms with Crippen molar-refractivity contribution in [2.75, 3.05) is 13.1 Å². The van der Waals surface area contributed by atoms with E-state index in [0.717, 1.165) is 43.8 Å². The molecule has 150 valence electrons. The van der Waals surface area contributed by atoms with Crippen LogP contribution < -0.4 is 0 Å². The second-order valence-electron chi connectivity index (χ2n) is 8.79. The van der Waals surface area contributed by atoms with Gasteiger partial charge in [0.25, 0.3) is 0 Å². The first-order valence-electron chi connectivity index (χ1n) is 11.2. The summed E-state index contributed by atoms with van der Waals surface area (Å²) in [7, 11) is 0. The zero-order valence-corrected chi connectivity index (χ0v) is 17.9. The molecule has 1 saturated heterocycles. The van der Waals surface area contributed by atoms with Crippen LogP contribution in [-0.4, -0.2) is 18.0 Å². The monoisotopic (exact) mass is 384 g/mol. The van der Waals surface area contributed by atoms with Crippen LogP contribution in [0.5, 0.6) is 0 Å². The normalized spacial score (nSPS) is 17.6. The number of benzene rings is 2. The van der Waals surface area contributed by atoms with Crippen molar-refractivity contribution in [2.24, 2.45) is 0 Å². The molecule has 2 fully saturated rings. The summed E-state index contributed by atoms with van der Waals surface area (Å²) in [6.07, 6.45) is 7.49. The minimum atomic E-state index is 0.583. The molecule has 0 bridgehead atoms. The van der Waals surface area contributed by atoms with Gasteiger partial charge in [0.2, 0.25) is 0 Å². The third-order valence-electron chi connectivity index (χ3n) is 7.11. The molecule has 0 radical (unpaired) electrons. The largest absolute Gasteiger partial charge is 0.371 e. The van der Waals surface area contributed by atoms with Gasteiger partial charge in [0.1, 0.15) is 0 Å². The summed E-state index contributed by atoms with van der Waals surface area (Å²) in [6, 6.07) is 15.2. The fourth-order valence-corrected chi connectivity index (χ4v) is 4.97. The van der Waals surface area contributed by atoms with Gasteiger partial charge in [-0.1, -0.05) is 38.1 Å². The van der Waals surface area contributed by atoms with Gasteiger partial charge in [-0.25, -0.2) is 0 Å². The smallest absolute Gasteiger partial charge is 0.0991 e. The maximum absolute atomic E-state index is 9.00. The molecular formula is C27H32N2. The molecule has 2 aromatic rings. The third-order valence-corrected chi connectivity index (χ3v) is 7.11. The van der Waals surface area contributed by atoms with E-state index in [1.807, 2.05) is 12.1 Å². The number of rotatable bonds is 5. The average Bonchev–Trinajstić information content (AvgIpc) is 2.72. The van der Waals surface area contributed by atoms with E-state index in [-0.39, 0.29) is 0 Å². The molecule has 1 aliphatic carbocycles. The second kappa shape index (κ2) is 8.46. The molecule has 2 aromatic carbocycles. The van der Waals surface area contributed by atoms with Crippen molar-refractivity contribution in [1.82, 2.24) is 4.90 Å². The molecule has 0 N–H and O–H groups in total. The number of nitrogens with zero attached hydrogens (tertiary/aromatic N) is 2. The molecule has 0 atom stereocenters. The SMILES string of the molecule is C=C(c1cc(CC)c(C2CCC2)cc1C)N1CCC(c2ccc(C#N)cc2)CC1. The van der Waals surface area contributed by atoms with Crippen LogP contribution in [0.15, 0.2) is 43.0 Å². The van der Waals surface area contributed by atoms with E-state index in [4.69, 9.17) is 5.26 Å². The van der Waals surface area contributed by atoms with Crippen LogP contribution in [0.4, 0.5) is 0 Å². The molecule has 1 saturated carbocycles. The van der Waals surface area contributed by atoms with Crippen molar-refractivity contribution in [2.45, 2.75) is 64.2 Å². The Balaban J connectivity index is 1.46. The molecule has 0 amide bonds. The van der Waals surface area contributed by atoms with E-state index < -0.39 is 0 Å². The summed E-state index contributed by atoms with van der Waals surface area (Å²) in [5.74, 6) is 1.37. The predicted molar refractivity (Wildman–Crippen MR) is 121 cm³/mol. The molecule has 1 aliphatic heterocycles. The van der Waals surface area contributed by atoms with Gasteiger partial charge in [-0.15, -0.1) is 0 Å². The standard InChI is InChI=1S/C27H32N2/c1-4-22-17-26(19(2)16-27(22)25-6-5-7-25)20(3)29-14-12-24(13-15-29)23-10-8-21(18-28)9-11-23/h8-11,16-17,24-25H,3-7,12-15H2,1-2H3. The van der Waals surface area contributed by atoms with Crippen LogP contribution in [-0.2, 0) is 6.42 Å². The molecule has 2 heteroatoms. The fourth-order valence-electron chi connectivity index (χ4n) is 4.97.